The van der Waals surface area contributed by atoms with E-state index < -0.39 is 11.6 Å². The second kappa shape index (κ2) is 8.87. The number of ether oxygens (including phenoxy) is 1. The quantitative estimate of drug-likeness (QED) is 0.597. The molecule has 0 aliphatic carbocycles. The SMILES string of the molecule is CC(O)C(=O)N1CC[C@@H](CN2C(=O)C3(CCOC3)N=C2c2ccc(-c3ccc4occc4c3)cc2)C1. The van der Waals surface area contributed by atoms with Gasteiger partial charge in [0.15, 0.2) is 5.54 Å². The smallest absolute Gasteiger partial charge is 0.258 e. The third-order valence-electron chi connectivity index (χ3n) is 7.54. The fourth-order valence-electron chi connectivity index (χ4n) is 5.52. The number of amidine groups is 1. The fourth-order valence-corrected chi connectivity index (χ4v) is 5.52. The van der Waals surface area contributed by atoms with Crippen LogP contribution in [0.15, 0.2) is 64.2 Å². The van der Waals surface area contributed by atoms with Crippen LogP contribution < -0.4 is 0 Å². The zero-order chi connectivity index (χ0) is 24.9. The van der Waals surface area contributed by atoms with E-state index in [4.69, 9.17) is 14.1 Å². The van der Waals surface area contributed by atoms with Gasteiger partial charge >= 0.3 is 0 Å². The Morgan fingerprint density at radius 1 is 1.17 bits per heavy atom. The summed E-state index contributed by atoms with van der Waals surface area (Å²) in [6.07, 6.45) is 2.04. The van der Waals surface area contributed by atoms with Gasteiger partial charge < -0.3 is 19.2 Å². The van der Waals surface area contributed by atoms with E-state index in [1.165, 1.54) is 6.92 Å². The third-order valence-corrected chi connectivity index (χ3v) is 7.54. The number of carbonyl (C=O) groups is 2. The summed E-state index contributed by atoms with van der Waals surface area (Å²) in [5, 5.41) is 10.7. The number of hydrogen-bond acceptors (Lipinski definition) is 6. The van der Waals surface area contributed by atoms with Crippen LogP contribution in [0.2, 0.25) is 0 Å². The van der Waals surface area contributed by atoms with Crippen molar-refractivity contribution < 1.29 is 23.8 Å². The zero-order valence-corrected chi connectivity index (χ0v) is 20.2. The highest BCUT2D eigenvalue weighted by Gasteiger charge is 2.51. The number of aliphatic hydroxyl groups is 1. The molecule has 0 saturated carbocycles. The molecule has 1 aromatic heterocycles. The van der Waals surface area contributed by atoms with Crippen molar-refractivity contribution in [2.75, 3.05) is 32.8 Å². The summed E-state index contributed by atoms with van der Waals surface area (Å²) in [5.41, 5.74) is 3.05. The fraction of sp³-hybridized carbons (Fsp3) is 0.393. The van der Waals surface area contributed by atoms with Crippen LogP contribution >= 0.6 is 0 Å². The van der Waals surface area contributed by atoms with Crippen molar-refractivity contribution >= 4 is 28.6 Å². The van der Waals surface area contributed by atoms with Gasteiger partial charge in [0.2, 0.25) is 0 Å². The van der Waals surface area contributed by atoms with E-state index in [1.807, 2.05) is 30.3 Å². The molecule has 2 fully saturated rings. The molecule has 36 heavy (non-hydrogen) atoms. The predicted molar refractivity (Wildman–Crippen MR) is 134 cm³/mol. The first-order valence-corrected chi connectivity index (χ1v) is 12.5. The molecule has 3 aromatic rings. The minimum Gasteiger partial charge on any atom is -0.464 e. The van der Waals surface area contributed by atoms with Gasteiger partial charge in [0, 0.05) is 43.6 Å². The second-order valence-corrected chi connectivity index (χ2v) is 10.1. The molecule has 8 nitrogen and oxygen atoms in total. The molecule has 2 unspecified atom stereocenters. The van der Waals surface area contributed by atoms with Gasteiger partial charge in [-0.2, -0.15) is 0 Å². The van der Waals surface area contributed by atoms with Gasteiger partial charge in [0.1, 0.15) is 17.5 Å². The molecule has 2 amide bonds. The largest absolute Gasteiger partial charge is 0.464 e. The van der Waals surface area contributed by atoms with Crippen LogP contribution in [-0.4, -0.2) is 77.0 Å². The van der Waals surface area contributed by atoms with Crippen LogP contribution in [0.5, 0.6) is 0 Å². The number of carbonyl (C=O) groups excluding carboxylic acids is 2. The highest BCUT2D eigenvalue weighted by atomic mass is 16.5. The van der Waals surface area contributed by atoms with Crippen LogP contribution in [0.3, 0.4) is 0 Å². The van der Waals surface area contributed by atoms with E-state index in [-0.39, 0.29) is 17.7 Å². The first-order valence-electron chi connectivity index (χ1n) is 12.5. The number of aliphatic hydroxyl groups excluding tert-OH is 1. The molecule has 1 spiro atoms. The molecule has 6 rings (SSSR count). The maximum Gasteiger partial charge on any atom is 0.258 e. The average molecular weight is 488 g/mol. The first kappa shape index (κ1) is 22.9. The summed E-state index contributed by atoms with van der Waals surface area (Å²) in [5.74, 6) is 0.511. The Morgan fingerprint density at radius 2 is 1.94 bits per heavy atom. The number of nitrogens with zero attached hydrogens (tertiary/aromatic N) is 3. The van der Waals surface area contributed by atoms with Crippen LogP contribution in [0.1, 0.15) is 25.3 Å². The molecule has 2 aromatic carbocycles. The van der Waals surface area contributed by atoms with Crippen molar-refractivity contribution in [3.05, 3.63) is 60.4 Å². The van der Waals surface area contributed by atoms with Crippen molar-refractivity contribution in [1.29, 1.82) is 0 Å². The maximum atomic E-state index is 13.6. The normalized spacial score (nSPS) is 24.8. The molecule has 3 atom stereocenters. The van der Waals surface area contributed by atoms with Crippen molar-refractivity contribution in [3.8, 4) is 11.1 Å². The summed E-state index contributed by atoms with van der Waals surface area (Å²) < 4.78 is 11.0. The number of furan rings is 1. The molecule has 3 aliphatic rings. The molecule has 4 heterocycles. The summed E-state index contributed by atoms with van der Waals surface area (Å²) in [6.45, 7) is 3.91. The predicted octanol–water partition coefficient (Wildman–Crippen LogP) is 3.08. The van der Waals surface area contributed by atoms with Gasteiger partial charge in [0.25, 0.3) is 11.8 Å². The summed E-state index contributed by atoms with van der Waals surface area (Å²) >= 11 is 0. The standard InChI is InChI=1S/C28H29N3O5/c1-18(32)26(33)30-11-8-19(15-30)16-31-25(29-28(27(31)34)10-13-35-17-28)21-4-2-20(3-5-21)22-6-7-24-23(14-22)9-12-36-24/h2-7,9,12,14,18-19,32H,8,10-11,13,15-17H2,1H3/t18?,19-,28?/m1/s1. The molecule has 0 radical (unpaired) electrons. The van der Waals surface area contributed by atoms with E-state index in [0.29, 0.717) is 45.1 Å². The van der Waals surface area contributed by atoms with Gasteiger partial charge in [-0.25, -0.2) is 4.99 Å². The lowest BCUT2D eigenvalue weighted by atomic mass is 9.98. The Balaban J connectivity index is 1.26. The number of likely N-dealkylation sites (tertiary alicyclic amines) is 1. The lowest BCUT2D eigenvalue weighted by Crippen LogP contribution is -2.45. The summed E-state index contributed by atoms with van der Waals surface area (Å²) in [4.78, 5) is 34.3. The third kappa shape index (κ3) is 3.90. The molecule has 1 N–H and O–H groups in total. The molecule has 2 saturated heterocycles. The Bertz CT molecular complexity index is 1340. The van der Waals surface area contributed by atoms with E-state index >= 15 is 0 Å². The van der Waals surface area contributed by atoms with E-state index in [9.17, 15) is 14.7 Å². The van der Waals surface area contributed by atoms with E-state index in [1.54, 1.807) is 16.1 Å². The minimum atomic E-state index is -1.01. The van der Waals surface area contributed by atoms with Gasteiger partial charge in [-0.05, 0) is 48.6 Å². The highest BCUT2D eigenvalue weighted by molar-refractivity contribution is 6.15. The van der Waals surface area contributed by atoms with Gasteiger partial charge in [0.05, 0.1) is 12.9 Å². The lowest BCUT2D eigenvalue weighted by Gasteiger charge is -2.25. The maximum absolute atomic E-state index is 13.6. The van der Waals surface area contributed by atoms with Gasteiger partial charge in [-0.1, -0.05) is 30.3 Å². The Morgan fingerprint density at radius 3 is 2.69 bits per heavy atom. The van der Waals surface area contributed by atoms with Crippen molar-refractivity contribution in [3.63, 3.8) is 0 Å². The number of benzene rings is 2. The Kier molecular flexibility index (Phi) is 5.65. The molecular formula is C28H29N3O5. The monoisotopic (exact) mass is 487 g/mol. The topological polar surface area (TPSA) is 95.6 Å². The second-order valence-electron chi connectivity index (χ2n) is 10.1. The molecular weight excluding hydrogens is 458 g/mol. The van der Waals surface area contributed by atoms with Crippen molar-refractivity contribution in [2.24, 2.45) is 10.9 Å². The number of aliphatic imine (C=N–C) groups is 1. The van der Waals surface area contributed by atoms with E-state index in [0.717, 1.165) is 34.1 Å². The minimum absolute atomic E-state index is 0.0233. The summed E-state index contributed by atoms with van der Waals surface area (Å²) in [7, 11) is 0. The van der Waals surface area contributed by atoms with Crippen molar-refractivity contribution in [2.45, 2.75) is 31.4 Å². The molecule has 3 aliphatic heterocycles. The van der Waals surface area contributed by atoms with Crippen LogP contribution in [-0.2, 0) is 14.3 Å². The number of rotatable bonds is 5. The lowest BCUT2D eigenvalue weighted by molar-refractivity contribution is -0.138. The number of amides is 2. The van der Waals surface area contributed by atoms with E-state index in [2.05, 4.69) is 18.2 Å². The number of hydrogen-bond donors (Lipinski definition) is 1. The molecule has 186 valence electrons. The Hall–Kier alpha value is -3.49. The Labute approximate surface area is 209 Å². The van der Waals surface area contributed by atoms with Gasteiger partial charge in [-0.3, -0.25) is 14.5 Å². The summed E-state index contributed by atoms with van der Waals surface area (Å²) in [6, 6.07) is 16.2. The van der Waals surface area contributed by atoms with Gasteiger partial charge in [-0.15, -0.1) is 0 Å². The van der Waals surface area contributed by atoms with Crippen LogP contribution in [0.25, 0.3) is 22.1 Å². The first-order chi connectivity index (χ1) is 17.4. The molecule has 0 bridgehead atoms. The number of fused-ring (bicyclic) bond motifs is 1. The van der Waals surface area contributed by atoms with Crippen molar-refractivity contribution in [1.82, 2.24) is 9.80 Å². The van der Waals surface area contributed by atoms with Crippen LogP contribution in [0, 0.1) is 5.92 Å². The zero-order valence-electron chi connectivity index (χ0n) is 20.2. The highest BCUT2D eigenvalue weighted by Crippen LogP contribution is 2.35. The van der Waals surface area contributed by atoms with Crippen LogP contribution in [0.4, 0.5) is 0 Å². The average Bonchev–Trinajstić information content (AvgIpc) is 3.69. The molecule has 8 heteroatoms.